The van der Waals surface area contributed by atoms with Crippen molar-refractivity contribution in [3.63, 3.8) is 0 Å². The van der Waals surface area contributed by atoms with Gasteiger partial charge in [0, 0.05) is 0 Å². The van der Waals surface area contributed by atoms with Gasteiger partial charge in [0.25, 0.3) is 11.8 Å². The zero-order valence-electron chi connectivity index (χ0n) is 16.5. The summed E-state index contributed by atoms with van der Waals surface area (Å²) in [5, 5.41) is 2.69. The zero-order valence-corrected chi connectivity index (χ0v) is 16.5. The normalized spacial score (nSPS) is 14.0. The molecule has 0 aromatic heterocycles. The number of hydrogen-bond donors (Lipinski definition) is 1. The van der Waals surface area contributed by atoms with Crippen molar-refractivity contribution >= 4 is 29.4 Å². The molecule has 0 radical (unpaired) electrons. The van der Waals surface area contributed by atoms with E-state index in [0.29, 0.717) is 0 Å². The monoisotopic (exact) mass is 394 g/mol. The van der Waals surface area contributed by atoms with Crippen LogP contribution in [-0.2, 0) is 9.53 Å². The van der Waals surface area contributed by atoms with Gasteiger partial charge in [0.05, 0.1) is 29.0 Å². The summed E-state index contributed by atoms with van der Waals surface area (Å²) < 4.78 is 5.03. The molecule has 7 heteroatoms. The number of anilines is 1. The van der Waals surface area contributed by atoms with E-state index in [-0.39, 0.29) is 34.9 Å². The van der Waals surface area contributed by atoms with E-state index in [2.05, 4.69) is 5.32 Å². The molecule has 0 unspecified atom stereocenters. The second-order valence-electron chi connectivity index (χ2n) is 6.97. The summed E-state index contributed by atoms with van der Waals surface area (Å²) in [6, 6.07) is 11.9. The van der Waals surface area contributed by atoms with Gasteiger partial charge in [-0.2, -0.15) is 0 Å². The topological polar surface area (TPSA) is 92.8 Å². The highest BCUT2D eigenvalue weighted by Crippen LogP contribution is 2.28. The molecule has 1 N–H and O–H groups in total. The van der Waals surface area contributed by atoms with Crippen LogP contribution >= 0.6 is 0 Å². The lowest BCUT2D eigenvalue weighted by Crippen LogP contribution is -2.50. The first-order valence-electron chi connectivity index (χ1n) is 9.40. The Morgan fingerprint density at radius 3 is 2.07 bits per heavy atom. The SMILES string of the molecule is CCOC(=O)c1ccccc1NC(=O)[C@@H](C(C)C)N1C(=O)c2ccccc2C1=O. The van der Waals surface area contributed by atoms with Gasteiger partial charge in [0.15, 0.2) is 0 Å². The van der Waals surface area contributed by atoms with E-state index in [4.69, 9.17) is 4.74 Å². The zero-order chi connectivity index (χ0) is 21.1. The lowest BCUT2D eigenvalue weighted by atomic mass is 10.0. The number of carbonyl (C=O) groups excluding carboxylic acids is 4. The van der Waals surface area contributed by atoms with Gasteiger partial charge < -0.3 is 10.1 Å². The molecule has 150 valence electrons. The van der Waals surface area contributed by atoms with Crippen LogP contribution in [0.25, 0.3) is 0 Å². The van der Waals surface area contributed by atoms with Crippen molar-refractivity contribution < 1.29 is 23.9 Å². The highest BCUT2D eigenvalue weighted by molar-refractivity contribution is 6.23. The van der Waals surface area contributed by atoms with Crippen molar-refractivity contribution in [1.29, 1.82) is 0 Å². The summed E-state index contributed by atoms with van der Waals surface area (Å²) in [5.41, 5.74) is 1.02. The lowest BCUT2D eigenvalue weighted by Gasteiger charge is -2.28. The average Bonchev–Trinajstić information content (AvgIpc) is 2.94. The highest BCUT2D eigenvalue weighted by atomic mass is 16.5. The summed E-state index contributed by atoms with van der Waals surface area (Å²) in [6.45, 7) is 5.40. The molecule has 1 aliphatic heterocycles. The quantitative estimate of drug-likeness (QED) is 0.600. The van der Waals surface area contributed by atoms with Crippen LogP contribution in [0.15, 0.2) is 48.5 Å². The van der Waals surface area contributed by atoms with Crippen molar-refractivity contribution in [2.24, 2.45) is 5.92 Å². The van der Waals surface area contributed by atoms with Crippen LogP contribution in [-0.4, -0.2) is 41.2 Å². The molecule has 0 spiro atoms. The van der Waals surface area contributed by atoms with Gasteiger partial charge in [-0.3, -0.25) is 19.3 Å². The molecule has 1 heterocycles. The number of rotatable bonds is 6. The van der Waals surface area contributed by atoms with E-state index in [1.54, 1.807) is 69.3 Å². The Morgan fingerprint density at radius 2 is 1.52 bits per heavy atom. The number of imide groups is 1. The maximum Gasteiger partial charge on any atom is 0.340 e. The number of benzene rings is 2. The Morgan fingerprint density at radius 1 is 0.966 bits per heavy atom. The molecule has 29 heavy (non-hydrogen) atoms. The molecule has 3 rings (SSSR count). The number of nitrogens with zero attached hydrogens (tertiary/aromatic N) is 1. The number of nitrogens with one attached hydrogen (secondary N) is 1. The number of carbonyl (C=O) groups is 4. The molecular formula is C22H22N2O5. The van der Waals surface area contributed by atoms with Crippen molar-refractivity contribution in [2.75, 3.05) is 11.9 Å². The molecule has 0 saturated carbocycles. The van der Waals surface area contributed by atoms with E-state index in [9.17, 15) is 19.2 Å². The first kappa shape index (κ1) is 20.3. The van der Waals surface area contributed by atoms with Crippen LogP contribution in [0.3, 0.4) is 0 Å². The van der Waals surface area contributed by atoms with E-state index < -0.39 is 29.7 Å². The number of para-hydroxylation sites is 1. The number of hydrogen-bond acceptors (Lipinski definition) is 5. The fourth-order valence-corrected chi connectivity index (χ4v) is 3.36. The summed E-state index contributed by atoms with van der Waals surface area (Å²) in [6.07, 6.45) is 0. The predicted molar refractivity (Wildman–Crippen MR) is 107 cm³/mol. The molecule has 0 aliphatic carbocycles. The standard InChI is InChI=1S/C22H22N2O5/c1-4-29-22(28)16-11-7-8-12-17(16)23-19(25)18(13(2)3)24-20(26)14-9-5-6-10-15(14)21(24)27/h5-13,18H,4H2,1-3H3,(H,23,25)/t18-/m1/s1. The van der Waals surface area contributed by atoms with Gasteiger partial charge in [0.2, 0.25) is 5.91 Å². The molecule has 3 amide bonds. The molecule has 0 bridgehead atoms. The van der Waals surface area contributed by atoms with Crippen LogP contribution in [0, 0.1) is 5.92 Å². The van der Waals surface area contributed by atoms with Crippen LogP contribution in [0.1, 0.15) is 51.8 Å². The van der Waals surface area contributed by atoms with Crippen LogP contribution in [0.2, 0.25) is 0 Å². The van der Waals surface area contributed by atoms with Crippen LogP contribution in [0.4, 0.5) is 5.69 Å². The van der Waals surface area contributed by atoms with Crippen molar-refractivity contribution in [3.8, 4) is 0 Å². The Bertz CT molecular complexity index is 948. The van der Waals surface area contributed by atoms with Gasteiger partial charge in [-0.05, 0) is 37.1 Å². The summed E-state index contributed by atoms with van der Waals surface area (Å²) in [7, 11) is 0. The minimum absolute atomic E-state index is 0.199. The predicted octanol–water partition coefficient (Wildman–Crippen LogP) is 3.12. The molecule has 2 aromatic rings. The largest absolute Gasteiger partial charge is 0.462 e. The minimum Gasteiger partial charge on any atom is -0.462 e. The molecule has 0 saturated heterocycles. The smallest absolute Gasteiger partial charge is 0.340 e. The minimum atomic E-state index is -1.03. The van der Waals surface area contributed by atoms with Crippen molar-refractivity contribution in [2.45, 2.75) is 26.8 Å². The fourth-order valence-electron chi connectivity index (χ4n) is 3.36. The van der Waals surface area contributed by atoms with E-state index in [1.165, 1.54) is 0 Å². The second kappa shape index (κ2) is 8.26. The maximum absolute atomic E-state index is 13.1. The van der Waals surface area contributed by atoms with E-state index >= 15 is 0 Å². The van der Waals surface area contributed by atoms with Gasteiger partial charge >= 0.3 is 5.97 Å². The van der Waals surface area contributed by atoms with Gasteiger partial charge in [-0.25, -0.2) is 4.79 Å². The van der Waals surface area contributed by atoms with E-state index in [1.807, 2.05) is 0 Å². The summed E-state index contributed by atoms with van der Waals surface area (Å²) in [5.74, 6) is -2.46. The third-order valence-electron chi connectivity index (χ3n) is 4.68. The van der Waals surface area contributed by atoms with Gasteiger partial charge in [0.1, 0.15) is 6.04 Å². The Balaban J connectivity index is 1.91. The Kier molecular flexibility index (Phi) is 5.77. The molecule has 2 aromatic carbocycles. The molecular weight excluding hydrogens is 372 g/mol. The van der Waals surface area contributed by atoms with Crippen LogP contribution < -0.4 is 5.32 Å². The van der Waals surface area contributed by atoms with E-state index in [0.717, 1.165) is 4.90 Å². The van der Waals surface area contributed by atoms with Gasteiger partial charge in [-0.1, -0.05) is 38.1 Å². The third-order valence-corrected chi connectivity index (χ3v) is 4.68. The first-order chi connectivity index (χ1) is 13.9. The second-order valence-corrected chi connectivity index (χ2v) is 6.97. The lowest BCUT2D eigenvalue weighted by molar-refractivity contribution is -0.121. The third kappa shape index (κ3) is 3.76. The Hall–Kier alpha value is -3.48. The maximum atomic E-state index is 13.1. The molecule has 7 nitrogen and oxygen atoms in total. The average molecular weight is 394 g/mol. The summed E-state index contributed by atoms with van der Waals surface area (Å²) >= 11 is 0. The summed E-state index contributed by atoms with van der Waals surface area (Å²) in [4.78, 5) is 51.9. The highest BCUT2D eigenvalue weighted by Gasteiger charge is 2.44. The molecule has 1 atom stereocenters. The number of fused-ring (bicyclic) bond motifs is 1. The van der Waals surface area contributed by atoms with Gasteiger partial charge in [-0.15, -0.1) is 0 Å². The molecule has 1 aliphatic rings. The number of ether oxygens (including phenoxy) is 1. The Labute approximate surface area is 168 Å². The fraction of sp³-hybridized carbons (Fsp3) is 0.273. The van der Waals surface area contributed by atoms with Crippen molar-refractivity contribution in [1.82, 2.24) is 4.90 Å². The first-order valence-corrected chi connectivity index (χ1v) is 9.40. The number of amides is 3. The van der Waals surface area contributed by atoms with Crippen molar-refractivity contribution in [3.05, 3.63) is 65.2 Å². The molecule has 0 fully saturated rings. The van der Waals surface area contributed by atoms with Crippen LogP contribution in [0.5, 0.6) is 0 Å². The number of esters is 1.